The molecule has 160 valence electrons. The van der Waals surface area contributed by atoms with Crippen LogP contribution < -0.4 is 15.0 Å². The number of nitrogens with zero attached hydrogens (tertiary/aromatic N) is 2. The Bertz CT molecular complexity index is 1100. The van der Waals surface area contributed by atoms with E-state index < -0.39 is 16.9 Å². The van der Waals surface area contributed by atoms with Gasteiger partial charge in [-0.05, 0) is 36.6 Å². The fourth-order valence-corrected chi connectivity index (χ4v) is 4.26. The third-order valence-corrected chi connectivity index (χ3v) is 5.77. The van der Waals surface area contributed by atoms with Crippen molar-refractivity contribution in [2.75, 3.05) is 23.2 Å². The predicted molar refractivity (Wildman–Crippen MR) is 117 cm³/mol. The third kappa shape index (κ3) is 3.74. The van der Waals surface area contributed by atoms with Gasteiger partial charge in [-0.15, -0.1) is 11.6 Å². The Morgan fingerprint density at radius 3 is 2.65 bits per heavy atom. The van der Waals surface area contributed by atoms with Crippen LogP contribution in [-0.4, -0.2) is 29.6 Å². The highest BCUT2D eigenvalue weighted by Gasteiger charge is 2.39. The lowest BCUT2D eigenvalue weighted by Gasteiger charge is -2.33. The standard InChI is InChI=1S/C22H20ClN3O5/c1-31-15-8-5-13(6-9-15)22-21-16(3-2-4-19(21)27)24-17-11-14(26(29)30)7-10-18(17)25(22)20(28)12-23/h5-11,22,24H,2-4,12H2,1H3. The first-order valence-corrected chi connectivity index (χ1v) is 10.3. The highest BCUT2D eigenvalue weighted by Crippen LogP contribution is 2.46. The van der Waals surface area contributed by atoms with Crippen molar-refractivity contribution >= 4 is 40.4 Å². The van der Waals surface area contributed by atoms with E-state index in [1.807, 2.05) is 0 Å². The first kappa shape index (κ1) is 20.9. The second-order valence-electron chi connectivity index (χ2n) is 7.33. The predicted octanol–water partition coefficient (Wildman–Crippen LogP) is 4.35. The number of carbonyl (C=O) groups excluding carboxylic acids is 2. The number of halogens is 1. The number of Topliss-reactive ketones (excluding diaryl/α,β-unsaturated/α-hetero) is 1. The molecule has 0 spiro atoms. The van der Waals surface area contributed by atoms with Crippen LogP contribution in [0.2, 0.25) is 0 Å². The summed E-state index contributed by atoms with van der Waals surface area (Å²) in [7, 11) is 1.56. The molecule has 1 aliphatic heterocycles. The van der Waals surface area contributed by atoms with Crippen molar-refractivity contribution in [3.8, 4) is 5.75 Å². The Labute approximate surface area is 183 Å². The number of anilines is 2. The topological polar surface area (TPSA) is 102 Å². The minimum Gasteiger partial charge on any atom is -0.497 e. The molecule has 0 bridgehead atoms. The van der Waals surface area contributed by atoms with Crippen LogP contribution in [0, 0.1) is 10.1 Å². The number of allylic oxidation sites excluding steroid dienone is 1. The summed E-state index contributed by atoms with van der Waals surface area (Å²) in [6.07, 6.45) is 1.62. The van der Waals surface area contributed by atoms with Crippen LogP contribution in [0.4, 0.5) is 17.1 Å². The number of methoxy groups -OCH3 is 1. The number of non-ortho nitro benzene ring substituents is 1. The Morgan fingerprint density at radius 2 is 2.00 bits per heavy atom. The lowest BCUT2D eigenvalue weighted by Crippen LogP contribution is -2.38. The monoisotopic (exact) mass is 441 g/mol. The smallest absolute Gasteiger partial charge is 0.271 e. The molecule has 2 aliphatic rings. The summed E-state index contributed by atoms with van der Waals surface area (Å²) in [5, 5.41) is 14.5. The van der Waals surface area contributed by atoms with Crippen LogP contribution in [0.25, 0.3) is 0 Å². The van der Waals surface area contributed by atoms with E-state index in [-0.39, 0.29) is 17.4 Å². The number of fused-ring (bicyclic) bond motifs is 1. The second kappa shape index (κ2) is 8.39. The largest absolute Gasteiger partial charge is 0.497 e. The minimum absolute atomic E-state index is 0.0655. The first-order chi connectivity index (χ1) is 14.9. The van der Waals surface area contributed by atoms with Crippen molar-refractivity contribution in [3.63, 3.8) is 0 Å². The van der Waals surface area contributed by atoms with E-state index >= 15 is 0 Å². The van der Waals surface area contributed by atoms with Gasteiger partial charge in [0, 0.05) is 29.8 Å². The van der Waals surface area contributed by atoms with Crippen LogP contribution in [0.3, 0.4) is 0 Å². The second-order valence-corrected chi connectivity index (χ2v) is 7.59. The molecular formula is C22H20ClN3O5. The van der Waals surface area contributed by atoms with Gasteiger partial charge >= 0.3 is 0 Å². The van der Waals surface area contributed by atoms with E-state index in [1.165, 1.54) is 23.1 Å². The van der Waals surface area contributed by atoms with Crippen LogP contribution in [-0.2, 0) is 9.59 Å². The summed E-state index contributed by atoms with van der Waals surface area (Å²) in [5.41, 5.74) is 2.58. The van der Waals surface area contributed by atoms with Crippen molar-refractivity contribution in [2.45, 2.75) is 25.3 Å². The number of nitrogens with one attached hydrogen (secondary N) is 1. The number of hydrogen-bond acceptors (Lipinski definition) is 6. The lowest BCUT2D eigenvalue weighted by atomic mass is 9.86. The summed E-state index contributed by atoms with van der Waals surface area (Å²) in [6, 6.07) is 10.7. The van der Waals surface area contributed by atoms with Crippen molar-refractivity contribution in [1.29, 1.82) is 0 Å². The molecule has 0 fully saturated rings. The fraction of sp³-hybridized carbons (Fsp3) is 0.273. The number of ether oxygens (including phenoxy) is 1. The number of nitro benzene ring substituents is 1. The van der Waals surface area contributed by atoms with Crippen LogP contribution in [0.15, 0.2) is 53.7 Å². The molecule has 4 rings (SSSR count). The van der Waals surface area contributed by atoms with Gasteiger partial charge in [0.2, 0.25) is 5.91 Å². The molecule has 8 nitrogen and oxygen atoms in total. The average molecular weight is 442 g/mol. The molecule has 2 aromatic carbocycles. The van der Waals surface area contributed by atoms with E-state index in [0.29, 0.717) is 47.7 Å². The van der Waals surface area contributed by atoms with Crippen LogP contribution >= 0.6 is 11.6 Å². The van der Waals surface area contributed by atoms with Gasteiger partial charge in [0.05, 0.1) is 29.4 Å². The van der Waals surface area contributed by atoms with Crippen molar-refractivity contribution in [1.82, 2.24) is 0 Å². The van der Waals surface area contributed by atoms with E-state index in [2.05, 4.69) is 5.32 Å². The van der Waals surface area contributed by atoms with E-state index in [4.69, 9.17) is 16.3 Å². The fourth-order valence-electron chi connectivity index (χ4n) is 4.13. The molecule has 1 aliphatic carbocycles. The summed E-state index contributed by atoms with van der Waals surface area (Å²) in [5.74, 6) is -0.137. The zero-order valence-electron chi connectivity index (χ0n) is 16.8. The Hall–Kier alpha value is -3.39. The molecule has 1 heterocycles. The molecule has 31 heavy (non-hydrogen) atoms. The van der Waals surface area contributed by atoms with Crippen molar-refractivity contribution in [3.05, 3.63) is 69.4 Å². The molecular weight excluding hydrogens is 422 g/mol. The quantitative estimate of drug-likeness (QED) is 0.430. The van der Waals surface area contributed by atoms with Crippen LogP contribution in [0.1, 0.15) is 30.9 Å². The number of amides is 1. The van der Waals surface area contributed by atoms with E-state index in [0.717, 1.165) is 5.56 Å². The van der Waals surface area contributed by atoms with Gasteiger partial charge in [-0.25, -0.2) is 0 Å². The molecule has 2 aromatic rings. The molecule has 1 amide bonds. The lowest BCUT2D eigenvalue weighted by molar-refractivity contribution is -0.384. The molecule has 0 saturated carbocycles. The van der Waals surface area contributed by atoms with Gasteiger partial charge in [-0.3, -0.25) is 24.6 Å². The molecule has 0 radical (unpaired) electrons. The number of benzene rings is 2. The molecule has 1 unspecified atom stereocenters. The highest BCUT2D eigenvalue weighted by atomic mass is 35.5. The molecule has 0 aromatic heterocycles. The maximum absolute atomic E-state index is 13.1. The van der Waals surface area contributed by atoms with Gasteiger partial charge in [-0.2, -0.15) is 0 Å². The summed E-state index contributed by atoms with van der Waals surface area (Å²) < 4.78 is 5.24. The van der Waals surface area contributed by atoms with Gasteiger partial charge in [0.15, 0.2) is 5.78 Å². The highest BCUT2D eigenvalue weighted by molar-refractivity contribution is 6.30. The number of carbonyl (C=O) groups is 2. The van der Waals surface area contributed by atoms with Gasteiger partial charge in [0.25, 0.3) is 5.69 Å². The van der Waals surface area contributed by atoms with E-state index in [9.17, 15) is 19.7 Å². The number of nitro groups is 1. The number of rotatable bonds is 4. The number of ketones is 1. The van der Waals surface area contributed by atoms with Crippen LogP contribution in [0.5, 0.6) is 5.75 Å². The maximum Gasteiger partial charge on any atom is 0.271 e. The summed E-state index contributed by atoms with van der Waals surface area (Å²) in [6.45, 7) is 0. The molecule has 9 heteroatoms. The van der Waals surface area contributed by atoms with Crippen molar-refractivity contribution < 1.29 is 19.2 Å². The Morgan fingerprint density at radius 1 is 1.26 bits per heavy atom. The molecule has 0 saturated heterocycles. The Kier molecular flexibility index (Phi) is 5.65. The van der Waals surface area contributed by atoms with Gasteiger partial charge < -0.3 is 10.1 Å². The normalized spacial score (nSPS) is 17.9. The summed E-state index contributed by atoms with van der Waals surface area (Å²) in [4.78, 5) is 38.4. The SMILES string of the molecule is COc1ccc(C2C3=C(CCCC3=O)Nc3cc([N+](=O)[O-])ccc3N2C(=O)CCl)cc1. The number of alkyl halides is 1. The van der Waals surface area contributed by atoms with Gasteiger partial charge in [-0.1, -0.05) is 12.1 Å². The zero-order valence-corrected chi connectivity index (χ0v) is 17.5. The van der Waals surface area contributed by atoms with E-state index in [1.54, 1.807) is 31.4 Å². The molecule has 1 N–H and O–H groups in total. The maximum atomic E-state index is 13.1. The van der Waals surface area contributed by atoms with Gasteiger partial charge in [0.1, 0.15) is 11.6 Å². The third-order valence-electron chi connectivity index (χ3n) is 5.54. The summed E-state index contributed by atoms with van der Waals surface area (Å²) >= 11 is 5.96. The average Bonchev–Trinajstić information content (AvgIpc) is 2.93. The zero-order chi connectivity index (χ0) is 22.1. The first-order valence-electron chi connectivity index (χ1n) is 9.78. The Balaban J connectivity index is 1.98. The van der Waals surface area contributed by atoms with Crippen molar-refractivity contribution in [2.24, 2.45) is 0 Å². The minimum atomic E-state index is -0.713. The molecule has 1 atom stereocenters. The number of hydrogen-bond donors (Lipinski definition) is 1.